The van der Waals surface area contributed by atoms with Gasteiger partial charge in [-0.3, -0.25) is 9.69 Å². The van der Waals surface area contributed by atoms with Crippen LogP contribution in [0.1, 0.15) is 27.0 Å². The van der Waals surface area contributed by atoms with Crippen LogP contribution in [0.15, 0.2) is 30.5 Å². The van der Waals surface area contributed by atoms with Gasteiger partial charge in [-0.05, 0) is 32.0 Å². The largest absolute Gasteiger partial charge is 0.419 e. The minimum Gasteiger partial charge on any atom is -0.331 e. The van der Waals surface area contributed by atoms with Gasteiger partial charge < -0.3 is 4.90 Å². The standard InChI is InChI=1S/C19H19ClF3N3O/c1-12-7-13(2)9-14(8-12)18(27)26-5-3-25(4-6-26)17-16(20)10-15(11-24-17)19(21,22)23/h7-11H,3-6H2,1-2H3/p+1. The lowest BCUT2D eigenvalue weighted by Gasteiger charge is -2.31. The third-order valence-corrected chi connectivity index (χ3v) is 4.84. The molecule has 1 aliphatic heterocycles. The molecule has 0 saturated carbocycles. The molecule has 144 valence electrons. The van der Waals surface area contributed by atoms with Gasteiger partial charge in [0.1, 0.15) is 24.3 Å². The van der Waals surface area contributed by atoms with E-state index in [0.29, 0.717) is 37.6 Å². The molecule has 0 spiro atoms. The zero-order chi connectivity index (χ0) is 19.8. The van der Waals surface area contributed by atoms with E-state index in [0.717, 1.165) is 23.4 Å². The van der Waals surface area contributed by atoms with Crippen LogP contribution in [-0.2, 0) is 6.18 Å². The third kappa shape index (κ3) is 4.35. The molecule has 0 unspecified atom stereocenters. The molecule has 1 aromatic heterocycles. The second kappa shape index (κ2) is 7.38. The van der Waals surface area contributed by atoms with Gasteiger partial charge in [0.15, 0.2) is 0 Å². The summed E-state index contributed by atoms with van der Waals surface area (Å²) in [6, 6.07) is 6.65. The number of anilines is 1. The first-order valence-electron chi connectivity index (χ1n) is 8.56. The minimum absolute atomic E-state index is 0.0129. The van der Waals surface area contributed by atoms with Gasteiger partial charge in [-0.2, -0.15) is 13.2 Å². The third-order valence-electron chi connectivity index (χ3n) is 4.55. The minimum atomic E-state index is -4.45. The van der Waals surface area contributed by atoms with Gasteiger partial charge in [0.2, 0.25) is 0 Å². The van der Waals surface area contributed by atoms with Crippen LogP contribution in [0.25, 0.3) is 0 Å². The van der Waals surface area contributed by atoms with E-state index >= 15 is 0 Å². The van der Waals surface area contributed by atoms with E-state index < -0.39 is 11.7 Å². The molecule has 4 nitrogen and oxygen atoms in total. The first-order chi connectivity index (χ1) is 12.6. The van der Waals surface area contributed by atoms with Crippen LogP contribution in [0.4, 0.5) is 19.0 Å². The van der Waals surface area contributed by atoms with Crippen LogP contribution >= 0.6 is 11.6 Å². The molecule has 1 amide bonds. The summed E-state index contributed by atoms with van der Waals surface area (Å²) in [5.41, 5.74) is 1.89. The second-order valence-corrected chi connectivity index (χ2v) is 7.15. The molecule has 0 radical (unpaired) electrons. The van der Waals surface area contributed by atoms with Crippen molar-refractivity contribution >= 4 is 23.3 Å². The molecule has 1 N–H and O–H groups in total. The van der Waals surface area contributed by atoms with Crippen LogP contribution in [0.5, 0.6) is 0 Å². The molecule has 0 bridgehead atoms. The van der Waals surface area contributed by atoms with Gasteiger partial charge in [0.25, 0.3) is 11.7 Å². The fourth-order valence-electron chi connectivity index (χ4n) is 3.28. The number of amides is 1. The molecular formula is C19H20ClF3N3O+. The zero-order valence-electron chi connectivity index (χ0n) is 15.0. The summed E-state index contributed by atoms with van der Waals surface area (Å²) in [6.45, 7) is 5.80. The number of halogens is 4. The van der Waals surface area contributed by atoms with E-state index in [9.17, 15) is 18.0 Å². The average Bonchev–Trinajstić information content (AvgIpc) is 2.59. The molecule has 1 fully saturated rings. The Hall–Kier alpha value is -2.28. The predicted octanol–water partition coefficient (Wildman–Crippen LogP) is 3.75. The maximum absolute atomic E-state index is 12.8. The van der Waals surface area contributed by atoms with Crippen LogP contribution in [-0.4, -0.2) is 37.0 Å². The quantitative estimate of drug-likeness (QED) is 0.772. The first-order valence-corrected chi connectivity index (χ1v) is 8.94. The Balaban J connectivity index is 1.69. The molecule has 3 rings (SSSR count). The number of hydrogen-bond donors (Lipinski definition) is 0. The summed E-state index contributed by atoms with van der Waals surface area (Å²) in [7, 11) is 0. The fraction of sp³-hybridized carbons (Fsp3) is 0.368. The lowest BCUT2D eigenvalue weighted by molar-refractivity contribution is -0.367. The van der Waals surface area contributed by atoms with Crippen molar-refractivity contribution in [3.63, 3.8) is 0 Å². The number of aromatic amines is 1. The number of aromatic nitrogens is 1. The Bertz CT molecular complexity index is 842. The Morgan fingerprint density at radius 3 is 2.15 bits per heavy atom. The number of hydrogen-bond acceptors (Lipinski definition) is 2. The number of pyridine rings is 1. The van der Waals surface area contributed by atoms with Crippen molar-refractivity contribution in [3.8, 4) is 0 Å². The topological polar surface area (TPSA) is 37.7 Å². The molecule has 2 aromatic rings. The number of rotatable bonds is 2. The van der Waals surface area contributed by atoms with E-state index in [1.165, 1.54) is 0 Å². The van der Waals surface area contributed by atoms with Gasteiger partial charge in [-0.25, -0.2) is 4.98 Å². The Labute approximate surface area is 160 Å². The van der Waals surface area contributed by atoms with Crippen molar-refractivity contribution in [3.05, 3.63) is 57.7 Å². The fourth-order valence-corrected chi connectivity index (χ4v) is 3.57. The predicted molar refractivity (Wildman–Crippen MR) is 97.0 cm³/mol. The number of benzene rings is 1. The lowest BCUT2D eigenvalue weighted by Crippen LogP contribution is -2.50. The maximum Gasteiger partial charge on any atom is 0.419 e. The molecule has 0 aliphatic carbocycles. The summed E-state index contributed by atoms with van der Waals surface area (Å²) in [5.74, 6) is 0.395. The number of aryl methyl sites for hydroxylation is 2. The summed E-state index contributed by atoms with van der Waals surface area (Å²) in [5, 5.41) is 0.0129. The Kier molecular flexibility index (Phi) is 5.33. The summed E-state index contributed by atoms with van der Waals surface area (Å²) >= 11 is 6.04. The highest BCUT2D eigenvalue weighted by Crippen LogP contribution is 2.32. The lowest BCUT2D eigenvalue weighted by atomic mass is 10.1. The van der Waals surface area contributed by atoms with Gasteiger partial charge >= 0.3 is 6.18 Å². The van der Waals surface area contributed by atoms with Gasteiger partial charge in [-0.1, -0.05) is 28.8 Å². The number of carbonyl (C=O) groups excluding carboxylic acids is 1. The molecule has 1 aromatic carbocycles. The van der Waals surface area contributed by atoms with E-state index in [1.807, 2.05) is 36.9 Å². The van der Waals surface area contributed by atoms with Crippen LogP contribution in [0.3, 0.4) is 0 Å². The van der Waals surface area contributed by atoms with E-state index in [4.69, 9.17) is 11.6 Å². The summed E-state index contributed by atoms with van der Waals surface area (Å²) < 4.78 is 38.3. The Morgan fingerprint density at radius 1 is 1.04 bits per heavy atom. The molecule has 27 heavy (non-hydrogen) atoms. The van der Waals surface area contributed by atoms with Crippen LogP contribution in [0, 0.1) is 13.8 Å². The normalized spacial score (nSPS) is 15.2. The number of nitrogens with zero attached hydrogens (tertiary/aromatic N) is 2. The number of H-pyrrole nitrogens is 1. The smallest absolute Gasteiger partial charge is 0.331 e. The number of alkyl halides is 3. The van der Waals surface area contributed by atoms with E-state index in [-0.39, 0.29) is 10.9 Å². The monoisotopic (exact) mass is 398 g/mol. The molecule has 1 aliphatic rings. The van der Waals surface area contributed by atoms with Crippen molar-refractivity contribution in [1.29, 1.82) is 0 Å². The SMILES string of the molecule is Cc1cc(C)cc(C(=O)N2CCN(c3[nH+]cc(C(F)(F)F)cc3Cl)CC2)c1. The number of nitrogens with one attached hydrogen (secondary N) is 1. The van der Waals surface area contributed by atoms with Crippen LogP contribution in [0.2, 0.25) is 5.02 Å². The molecular weight excluding hydrogens is 379 g/mol. The second-order valence-electron chi connectivity index (χ2n) is 6.74. The van der Waals surface area contributed by atoms with Crippen LogP contribution < -0.4 is 9.88 Å². The molecule has 8 heteroatoms. The van der Waals surface area contributed by atoms with Gasteiger partial charge in [0, 0.05) is 5.56 Å². The zero-order valence-corrected chi connectivity index (χ0v) is 15.8. The van der Waals surface area contributed by atoms with Gasteiger partial charge in [0.05, 0.1) is 18.7 Å². The molecule has 2 heterocycles. The van der Waals surface area contributed by atoms with Crippen molar-refractivity contribution in [2.75, 3.05) is 31.1 Å². The maximum atomic E-state index is 12.8. The molecule has 0 atom stereocenters. The number of piperazine rings is 1. The van der Waals surface area contributed by atoms with Crippen molar-refractivity contribution in [2.45, 2.75) is 20.0 Å². The highest BCUT2D eigenvalue weighted by Gasteiger charge is 2.34. The number of carbonyl (C=O) groups is 1. The average molecular weight is 399 g/mol. The van der Waals surface area contributed by atoms with Crippen molar-refractivity contribution in [1.82, 2.24) is 4.90 Å². The van der Waals surface area contributed by atoms with Gasteiger partial charge in [-0.15, -0.1) is 0 Å². The highest BCUT2D eigenvalue weighted by molar-refractivity contribution is 6.32. The first kappa shape index (κ1) is 19.5. The van der Waals surface area contributed by atoms with Crippen molar-refractivity contribution < 1.29 is 22.9 Å². The molecule has 1 saturated heterocycles. The Morgan fingerprint density at radius 2 is 1.63 bits per heavy atom. The summed E-state index contributed by atoms with van der Waals surface area (Å²) in [6.07, 6.45) is -3.54. The van der Waals surface area contributed by atoms with E-state index in [1.54, 1.807) is 4.90 Å². The highest BCUT2D eigenvalue weighted by atomic mass is 35.5. The van der Waals surface area contributed by atoms with E-state index in [2.05, 4.69) is 4.98 Å². The summed E-state index contributed by atoms with van der Waals surface area (Å²) in [4.78, 5) is 19.0. The van der Waals surface area contributed by atoms with Crippen molar-refractivity contribution in [2.24, 2.45) is 0 Å².